The molecule has 2 rings (SSSR count). The lowest BCUT2D eigenvalue weighted by Gasteiger charge is -2.11. The van der Waals surface area contributed by atoms with Crippen molar-refractivity contribution in [3.63, 3.8) is 0 Å². The highest BCUT2D eigenvalue weighted by atomic mass is 35.5. The lowest BCUT2D eigenvalue weighted by atomic mass is 10.1. The summed E-state index contributed by atoms with van der Waals surface area (Å²) in [7, 11) is 2.40. The Kier molecular flexibility index (Phi) is 7.04. The molecule has 0 saturated carbocycles. The summed E-state index contributed by atoms with van der Waals surface area (Å²) in [5.41, 5.74) is 0.355. The molecule has 7 nitrogen and oxygen atoms in total. The maximum atomic E-state index is 12.1. The molecule has 9 heteroatoms. The molecule has 0 spiro atoms. The van der Waals surface area contributed by atoms with E-state index in [9.17, 15) is 14.4 Å². The van der Waals surface area contributed by atoms with Crippen LogP contribution in [0.5, 0.6) is 5.75 Å². The van der Waals surface area contributed by atoms with E-state index in [1.54, 1.807) is 18.2 Å². The van der Waals surface area contributed by atoms with E-state index in [1.165, 1.54) is 32.4 Å². The molecule has 0 bridgehead atoms. The zero-order valence-electron chi connectivity index (χ0n) is 14.4. The molecule has 0 heterocycles. The number of methoxy groups -OCH3 is 2. The number of nitrogens with one attached hydrogen (secondary N) is 1. The molecule has 0 saturated heterocycles. The first-order chi connectivity index (χ1) is 12.8. The van der Waals surface area contributed by atoms with Gasteiger partial charge in [-0.25, -0.2) is 9.59 Å². The maximum Gasteiger partial charge on any atom is 0.337 e. The summed E-state index contributed by atoms with van der Waals surface area (Å²) >= 11 is 11.9. The zero-order valence-corrected chi connectivity index (χ0v) is 15.9. The third-order valence-corrected chi connectivity index (χ3v) is 4.14. The molecular weight excluding hydrogens is 397 g/mol. The van der Waals surface area contributed by atoms with Crippen molar-refractivity contribution in [2.24, 2.45) is 0 Å². The SMILES string of the molecule is COC(=O)c1cc(NC(=O)COc2cccc(Cl)c2Cl)cc(C(=O)OC)c1. The van der Waals surface area contributed by atoms with Crippen LogP contribution < -0.4 is 10.1 Å². The first kappa shape index (κ1) is 20.5. The van der Waals surface area contributed by atoms with Crippen LogP contribution >= 0.6 is 23.2 Å². The van der Waals surface area contributed by atoms with Gasteiger partial charge in [0.1, 0.15) is 10.8 Å². The molecule has 27 heavy (non-hydrogen) atoms. The molecule has 0 fully saturated rings. The van der Waals surface area contributed by atoms with Crippen molar-refractivity contribution >= 4 is 46.7 Å². The van der Waals surface area contributed by atoms with E-state index in [1.807, 2.05) is 0 Å². The van der Waals surface area contributed by atoms with Crippen LogP contribution in [0.3, 0.4) is 0 Å². The number of benzene rings is 2. The summed E-state index contributed by atoms with van der Waals surface area (Å²) in [6.07, 6.45) is 0. The van der Waals surface area contributed by atoms with Gasteiger partial charge in [0.25, 0.3) is 5.91 Å². The third kappa shape index (κ3) is 5.35. The van der Waals surface area contributed by atoms with Crippen molar-refractivity contribution in [1.29, 1.82) is 0 Å². The van der Waals surface area contributed by atoms with E-state index in [2.05, 4.69) is 14.8 Å². The molecule has 1 amide bonds. The average Bonchev–Trinajstić information content (AvgIpc) is 2.67. The molecule has 0 unspecified atom stereocenters. The number of amides is 1. The number of carbonyl (C=O) groups is 3. The average molecular weight is 412 g/mol. The molecule has 2 aromatic rings. The van der Waals surface area contributed by atoms with E-state index < -0.39 is 17.8 Å². The minimum Gasteiger partial charge on any atom is -0.482 e. The molecule has 0 atom stereocenters. The van der Waals surface area contributed by atoms with Crippen molar-refractivity contribution in [2.45, 2.75) is 0 Å². The van der Waals surface area contributed by atoms with Crippen molar-refractivity contribution < 1.29 is 28.6 Å². The monoisotopic (exact) mass is 411 g/mol. The van der Waals surface area contributed by atoms with E-state index in [0.717, 1.165) is 0 Å². The van der Waals surface area contributed by atoms with Gasteiger partial charge in [-0.1, -0.05) is 29.3 Å². The minimum atomic E-state index is -0.668. The van der Waals surface area contributed by atoms with Gasteiger partial charge in [-0.05, 0) is 30.3 Å². The van der Waals surface area contributed by atoms with Gasteiger partial charge in [-0.15, -0.1) is 0 Å². The maximum absolute atomic E-state index is 12.1. The van der Waals surface area contributed by atoms with Gasteiger partial charge >= 0.3 is 11.9 Å². The van der Waals surface area contributed by atoms with Crippen LogP contribution in [0.4, 0.5) is 5.69 Å². The van der Waals surface area contributed by atoms with Gasteiger partial charge in [0, 0.05) is 5.69 Å². The van der Waals surface area contributed by atoms with E-state index in [4.69, 9.17) is 27.9 Å². The second-order valence-electron chi connectivity index (χ2n) is 5.17. The molecule has 0 aliphatic carbocycles. The second-order valence-corrected chi connectivity index (χ2v) is 5.96. The van der Waals surface area contributed by atoms with Gasteiger partial charge in [0.2, 0.25) is 0 Å². The molecule has 142 valence electrons. The van der Waals surface area contributed by atoms with Crippen molar-refractivity contribution in [3.8, 4) is 5.75 Å². The first-order valence-corrected chi connectivity index (χ1v) is 8.29. The number of hydrogen-bond acceptors (Lipinski definition) is 6. The van der Waals surface area contributed by atoms with Gasteiger partial charge in [-0.3, -0.25) is 4.79 Å². The van der Waals surface area contributed by atoms with Crippen molar-refractivity contribution in [3.05, 3.63) is 57.6 Å². The lowest BCUT2D eigenvalue weighted by Crippen LogP contribution is -2.21. The highest BCUT2D eigenvalue weighted by Gasteiger charge is 2.15. The Balaban J connectivity index is 2.15. The second kappa shape index (κ2) is 9.25. The summed E-state index contributed by atoms with van der Waals surface area (Å²) < 4.78 is 14.6. The van der Waals surface area contributed by atoms with Crippen LogP contribution in [-0.4, -0.2) is 38.7 Å². The van der Waals surface area contributed by atoms with Gasteiger partial charge < -0.3 is 19.5 Å². The Hall–Kier alpha value is -2.77. The Bertz CT molecular complexity index is 850. The van der Waals surface area contributed by atoms with Crippen LogP contribution in [-0.2, 0) is 14.3 Å². The van der Waals surface area contributed by atoms with Crippen LogP contribution in [0, 0.1) is 0 Å². The summed E-state index contributed by atoms with van der Waals surface area (Å²) in [6, 6.07) is 8.81. The van der Waals surface area contributed by atoms with Crippen LogP contribution in [0.25, 0.3) is 0 Å². The Morgan fingerprint density at radius 2 is 1.56 bits per heavy atom. The van der Waals surface area contributed by atoms with Crippen LogP contribution in [0.2, 0.25) is 10.0 Å². The summed E-state index contributed by atoms with van der Waals surface area (Å²) in [5, 5.41) is 3.01. The number of hydrogen-bond donors (Lipinski definition) is 1. The Morgan fingerprint density at radius 3 is 2.11 bits per heavy atom. The fourth-order valence-electron chi connectivity index (χ4n) is 2.11. The lowest BCUT2D eigenvalue weighted by molar-refractivity contribution is -0.118. The fourth-order valence-corrected chi connectivity index (χ4v) is 2.45. The first-order valence-electron chi connectivity index (χ1n) is 7.54. The van der Waals surface area contributed by atoms with E-state index in [-0.39, 0.29) is 34.2 Å². The molecule has 0 radical (unpaired) electrons. The number of rotatable bonds is 6. The van der Waals surface area contributed by atoms with Gasteiger partial charge in [-0.2, -0.15) is 0 Å². The molecule has 1 N–H and O–H groups in total. The summed E-state index contributed by atoms with van der Waals surface area (Å²) in [4.78, 5) is 35.7. The molecule has 0 aromatic heterocycles. The number of esters is 2. The topological polar surface area (TPSA) is 90.9 Å². The highest BCUT2D eigenvalue weighted by molar-refractivity contribution is 6.42. The molecule has 2 aromatic carbocycles. The fraction of sp³-hybridized carbons (Fsp3) is 0.167. The largest absolute Gasteiger partial charge is 0.482 e. The normalized spacial score (nSPS) is 10.1. The molecular formula is C18H15Cl2NO6. The smallest absolute Gasteiger partial charge is 0.337 e. The summed E-state index contributed by atoms with van der Waals surface area (Å²) in [5.74, 6) is -1.63. The predicted molar refractivity (Wildman–Crippen MR) is 99.7 cm³/mol. The van der Waals surface area contributed by atoms with Gasteiger partial charge in [0.15, 0.2) is 6.61 Å². The number of halogens is 2. The van der Waals surface area contributed by atoms with E-state index in [0.29, 0.717) is 5.02 Å². The molecule has 0 aliphatic heterocycles. The highest BCUT2D eigenvalue weighted by Crippen LogP contribution is 2.31. The quantitative estimate of drug-likeness (QED) is 0.730. The predicted octanol–water partition coefficient (Wildman–Crippen LogP) is 3.58. The van der Waals surface area contributed by atoms with Crippen molar-refractivity contribution in [2.75, 3.05) is 26.1 Å². The zero-order chi connectivity index (χ0) is 20.0. The number of ether oxygens (including phenoxy) is 3. The van der Waals surface area contributed by atoms with Crippen molar-refractivity contribution in [1.82, 2.24) is 0 Å². The van der Waals surface area contributed by atoms with Crippen LogP contribution in [0.15, 0.2) is 36.4 Å². The number of carbonyl (C=O) groups excluding carboxylic acids is 3. The number of anilines is 1. The molecule has 0 aliphatic rings. The standard InChI is InChI=1S/C18H15Cl2NO6/c1-25-17(23)10-6-11(18(24)26-2)8-12(7-10)21-15(22)9-27-14-5-3-4-13(19)16(14)20/h3-8H,9H2,1-2H3,(H,21,22). The Morgan fingerprint density at radius 1 is 0.963 bits per heavy atom. The Labute approximate surface area is 165 Å². The van der Waals surface area contributed by atoms with E-state index >= 15 is 0 Å². The third-order valence-electron chi connectivity index (χ3n) is 3.33. The van der Waals surface area contributed by atoms with Crippen LogP contribution in [0.1, 0.15) is 20.7 Å². The minimum absolute atomic E-state index is 0.0782. The summed E-state index contributed by atoms with van der Waals surface area (Å²) in [6.45, 7) is -0.365. The van der Waals surface area contributed by atoms with Gasteiger partial charge in [0.05, 0.1) is 30.4 Å².